The van der Waals surface area contributed by atoms with Crippen LogP contribution in [-0.4, -0.2) is 30.7 Å². The topological polar surface area (TPSA) is 3.24 Å². The molecular formula is C8H16FN. The van der Waals surface area contributed by atoms with Gasteiger partial charge in [0.05, 0.1) is 0 Å². The Hall–Kier alpha value is -0.110. The van der Waals surface area contributed by atoms with Gasteiger partial charge in [0, 0.05) is 19.1 Å². The Labute approximate surface area is 62.2 Å². The maximum atomic E-state index is 11.9. The molecule has 0 saturated carbocycles. The van der Waals surface area contributed by atoms with Crippen molar-refractivity contribution in [2.24, 2.45) is 5.92 Å². The second-order valence-corrected chi connectivity index (χ2v) is 3.37. The SMILES string of the molecule is CC1CC(C)N(CCF)C1. The highest BCUT2D eigenvalue weighted by molar-refractivity contribution is 4.79. The molecule has 0 bridgehead atoms. The monoisotopic (exact) mass is 145 g/mol. The molecule has 0 spiro atoms. The molecule has 2 atom stereocenters. The van der Waals surface area contributed by atoms with Gasteiger partial charge in [0.2, 0.25) is 0 Å². The Kier molecular flexibility index (Phi) is 2.66. The van der Waals surface area contributed by atoms with Crippen molar-refractivity contribution in [1.82, 2.24) is 4.90 Å². The third kappa shape index (κ3) is 1.69. The van der Waals surface area contributed by atoms with Crippen molar-refractivity contribution in [3.8, 4) is 0 Å². The van der Waals surface area contributed by atoms with E-state index in [4.69, 9.17) is 0 Å². The molecule has 0 aromatic rings. The number of likely N-dealkylation sites (tertiary alicyclic amines) is 1. The maximum absolute atomic E-state index is 11.9. The first-order valence-corrected chi connectivity index (χ1v) is 4.04. The van der Waals surface area contributed by atoms with Gasteiger partial charge in [0.25, 0.3) is 0 Å². The minimum Gasteiger partial charge on any atom is -0.298 e. The maximum Gasteiger partial charge on any atom is 0.102 e. The minimum absolute atomic E-state index is 0.197. The molecule has 1 aliphatic rings. The molecule has 0 N–H and O–H groups in total. The fourth-order valence-corrected chi connectivity index (χ4v) is 1.81. The highest BCUT2D eigenvalue weighted by Gasteiger charge is 2.24. The molecule has 10 heavy (non-hydrogen) atoms. The van der Waals surface area contributed by atoms with Crippen LogP contribution in [0.25, 0.3) is 0 Å². The van der Waals surface area contributed by atoms with E-state index < -0.39 is 0 Å². The van der Waals surface area contributed by atoms with Gasteiger partial charge in [0.15, 0.2) is 0 Å². The molecule has 1 aliphatic heterocycles. The van der Waals surface area contributed by atoms with Gasteiger partial charge in [-0.3, -0.25) is 4.90 Å². The summed E-state index contributed by atoms with van der Waals surface area (Å²) in [4.78, 5) is 2.23. The molecule has 0 aliphatic carbocycles. The van der Waals surface area contributed by atoms with E-state index in [0.717, 1.165) is 12.5 Å². The van der Waals surface area contributed by atoms with Crippen LogP contribution in [0, 0.1) is 5.92 Å². The zero-order valence-corrected chi connectivity index (χ0v) is 6.81. The highest BCUT2D eigenvalue weighted by Crippen LogP contribution is 2.21. The first kappa shape index (κ1) is 7.99. The van der Waals surface area contributed by atoms with Crippen LogP contribution in [0.2, 0.25) is 0 Å². The third-order valence-corrected chi connectivity index (χ3v) is 2.28. The van der Waals surface area contributed by atoms with Gasteiger partial charge in [-0.25, -0.2) is 4.39 Å². The lowest BCUT2D eigenvalue weighted by Crippen LogP contribution is -2.29. The lowest BCUT2D eigenvalue weighted by molar-refractivity contribution is 0.240. The molecule has 0 aromatic carbocycles. The van der Waals surface area contributed by atoms with E-state index in [9.17, 15) is 4.39 Å². The summed E-state index contributed by atoms with van der Waals surface area (Å²) in [6, 6.07) is 0.603. The van der Waals surface area contributed by atoms with Crippen molar-refractivity contribution in [2.75, 3.05) is 19.8 Å². The zero-order valence-electron chi connectivity index (χ0n) is 6.81. The van der Waals surface area contributed by atoms with Gasteiger partial charge in [-0.2, -0.15) is 0 Å². The van der Waals surface area contributed by atoms with Gasteiger partial charge in [0.1, 0.15) is 6.67 Å². The zero-order chi connectivity index (χ0) is 7.56. The fourth-order valence-electron chi connectivity index (χ4n) is 1.81. The standard InChI is InChI=1S/C8H16FN/c1-7-5-8(2)10(6-7)4-3-9/h7-8H,3-6H2,1-2H3. The predicted octanol–water partition coefficient (Wildman–Crippen LogP) is 1.69. The molecule has 1 saturated heterocycles. The van der Waals surface area contributed by atoms with E-state index in [0.29, 0.717) is 12.6 Å². The predicted molar refractivity (Wildman–Crippen MR) is 40.8 cm³/mol. The van der Waals surface area contributed by atoms with Crippen LogP contribution in [0.5, 0.6) is 0 Å². The van der Waals surface area contributed by atoms with Crippen LogP contribution in [0.4, 0.5) is 4.39 Å². The van der Waals surface area contributed by atoms with Gasteiger partial charge in [-0.15, -0.1) is 0 Å². The van der Waals surface area contributed by atoms with Crippen LogP contribution >= 0.6 is 0 Å². The normalized spacial score (nSPS) is 35.1. The van der Waals surface area contributed by atoms with Gasteiger partial charge in [-0.05, 0) is 19.3 Å². The second-order valence-electron chi connectivity index (χ2n) is 3.37. The summed E-state index contributed by atoms with van der Waals surface area (Å²) >= 11 is 0. The molecule has 1 rings (SSSR count). The van der Waals surface area contributed by atoms with E-state index in [1.54, 1.807) is 0 Å². The molecule has 1 heterocycles. The van der Waals surface area contributed by atoms with E-state index >= 15 is 0 Å². The van der Waals surface area contributed by atoms with Crippen molar-refractivity contribution in [3.05, 3.63) is 0 Å². The van der Waals surface area contributed by atoms with Crippen molar-refractivity contribution >= 4 is 0 Å². The summed E-state index contributed by atoms with van der Waals surface area (Å²) in [7, 11) is 0. The molecule has 60 valence electrons. The van der Waals surface area contributed by atoms with E-state index in [1.807, 2.05) is 0 Å². The number of nitrogens with zero attached hydrogens (tertiary/aromatic N) is 1. The van der Waals surface area contributed by atoms with Crippen LogP contribution in [0.3, 0.4) is 0 Å². The molecular weight excluding hydrogens is 129 g/mol. The summed E-state index contributed by atoms with van der Waals surface area (Å²) in [5.41, 5.74) is 0. The number of hydrogen-bond donors (Lipinski definition) is 0. The number of alkyl halides is 1. The third-order valence-electron chi connectivity index (χ3n) is 2.28. The smallest absolute Gasteiger partial charge is 0.102 e. The highest BCUT2D eigenvalue weighted by atomic mass is 19.1. The van der Waals surface area contributed by atoms with Gasteiger partial charge >= 0.3 is 0 Å². The van der Waals surface area contributed by atoms with Gasteiger partial charge in [-0.1, -0.05) is 6.92 Å². The average Bonchev–Trinajstić information content (AvgIpc) is 2.13. The average molecular weight is 145 g/mol. The number of halogens is 1. The molecule has 0 amide bonds. The fraction of sp³-hybridized carbons (Fsp3) is 1.00. The van der Waals surface area contributed by atoms with Crippen LogP contribution in [0.15, 0.2) is 0 Å². The Morgan fingerprint density at radius 3 is 2.60 bits per heavy atom. The Morgan fingerprint density at radius 1 is 1.50 bits per heavy atom. The van der Waals surface area contributed by atoms with Gasteiger partial charge < -0.3 is 0 Å². The number of rotatable bonds is 2. The summed E-state index contributed by atoms with van der Waals surface area (Å²) < 4.78 is 11.9. The lowest BCUT2D eigenvalue weighted by Gasteiger charge is -2.18. The van der Waals surface area contributed by atoms with E-state index in [-0.39, 0.29) is 6.67 Å². The minimum atomic E-state index is -0.197. The quantitative estimate of drug-likeness (QED) is 0.571. The first-order valence-electron chi connectivity index (χ1n) is 4.04. The Bertz CT molecular complexity index is 105. The first-order chi connectivity index (χ1) is 4.74. The van der Waals surface area contributed by atoms with Crippen molar-refractivity contribution < 1.29 is 4.39 Å². The van der Waals surface area contributed by atoms with Crippen LogP contribution in [-0.2, 0) is 0 Å². The Morgan fingerprint density at radius 2 is 2.20 bits per heavy atom. The van der Waals surface area contributed by atoms with Crippen molar-refractivity contribution in [2.45, 2.75) is 26.3 Å². The van der Waals surface area contributed by atoms with Crippen LogP contribution < -0.4 is 0 Å². The van der Waals surface area contributed by atoms with E-state index in [1.165, 1.54) is 6.42 Å². The van der Waals surface area contributed by atoms with Crippen molar-refractivity contribution in [3.63, 3.8) is 0 Å². The Balaban J connectivity index is 2.31. The summed E-state index contributed by atoms with van der Waals surface area (Å²) in [6.07, 6.45) is 1.24. The molecule has 0 aromatic heterocycles. The van der Waals surface area contributed by atoms with E-state index in [2.05, 4.69) is 18.7 Å². The molecule has 1 nitrogen and oxygen atoms in total. The van der Waals surface area contributed by atoms with Crippen LogP contribution in [0.1, 0.15) is 20.3 Å². The molecule has 0 radical (unpaired) electrons. The summed E-state index contributed by atoms with van der Waals surface area (Å²) in [6.45, 7) is 5.93. The number of hydrogen-bond acceptors (Lipinski definition) is 1. The van der Waals surface area contributed by atoms with Crippen molar-refractivity contribution in [1.29, 1.82) is 0 Å². The summed E-state index contributed by atoms with van der Waals surface area (Å²) in [5.74, 6) is 0.765. The molecule has 2 heteroatoms. The lowest BCUT2D eigenvalue weighted by atomic mass is 10.1. The largest absolute Gasteiger partial charge is 0.298 e. The second kappa shape index (κ2) is 3.33. The molecule has 2 unspecified atom stereocenters. The summed E-state index contributed by atoms with van der Waals surface area (Å²) in [5, 5.41) is 0. The molecule has 1 fully saturated rings.